The number of carbonyl (C=O) groups excluding carboxylic acids is 2. The molecule has 3 heterocycles. The van der Waals surface area contributed by atoms with Gasteiger partial charge in [0.2, 0.25) is 5.91 Å². The number of rotatable bonds is 6. The zero-order valence-electron chi connectivity index (χ0n) is 14.1. The Kier molecular flexibility index (Phi) is 5.71. The summed E-state index contributed by atoms with van der Waals surface area (Å²) in [5.74, 6) is 0.368. The van der Waals surface area contributed by atoms with Crippen LogP contribution in [0.1, 0.15) is 28.3 Å². The van der Waals surface area contributed by atoms with E-state index in [1.807, 2.05) is 22.4 Å². The number of hydrogen-bond donors (Lipinski definition) is 0. The maximum absolute atomic E-state index is 12.9. The molecule has 3 rings (SSSR count). The van der Waals surface area contributed by atoms with Gasteiger partial charge in [0.15, 0.2) is 5.76 Å². The molecule has 25 heavy (non-hydrogen) atoms. The summed E-state index contributed by atoms with van der Waals surface area (Å²) in [6, 6.07) is 7.42. The number of nitrogens with zero attached hydrogens (tertiary/aromatic N) is 2. The van der Waals surface area contributed by atoms with Crippen LogP contribution in [0.2, 0.25) is 0 Å². The highest BCUT2D eigenvalue weighted by Crippen LogP contribution is 2.23. The first-order valence-electron chi connectivity index (χ1n) is 8.44. The zero-order valence-corrected chi connectivity index (χ0v) is 14.9. The summed E-state index contributed by atoms with van der Waals surface area (Å²) in [5.41, 5.74) is 0. The normalized spacial score (nSPS) is 15.1. The average molecular weight is 358 g/mol. The highest BCUT2D eigenvalue weighted by atomic mass is 32.1. The minimum Gasteiger partial charge on any atom is -0.459 e. The molecule has 0 bridgehead atoms. The minimum absolute atomic E-state index is 0.0411. The molecule has 0 aliphatic carbocycles. The second kappa shape index (κ2) is 8.16. The fourth-order valence-electron chi connectivity index (χ4n) is 3.12. The molecule has 2 aromatic rings. The van der Waals surface area contributed by atoms with Gasteiger partial charge in [-0.15, -0.1) is 17.9 Å². The summed E-state index contributed by atoms with van der Waals surface area (Å²) in [5, 5.41) is 2.02. The Morgan fingerprint density at radius 2 is 2.12 bits per heavy atom. The second-order valence-electron chi connectivity index (χ2n) is 6.13. The van der Waals surface area contributed by atoms with E-state index >= 15 is 0 Å². The first-order valence-corrected chi connectivity index (χ1v) is 9.32. The Morgan fingerprint density at radius 1 is 1.32 bits per heavy atom. The Hall–Kier alpha value is -2.34. The standard InChI is InChI=1S/C19H22N2O3S/c1-2-9-21(14-16-5-4-13-25-16)18(22)15-7-10-20(11-8-15)19(23)17-6-3-12-24-17/h2-6,12-13,15H,1,7-11,14H2. The van der Waals surface area contributed by atoms with Crippen molar-refractivity contribution in [2.75, 3.05) is 19.6 Å². The van der Waals surface area contributed by atoms with Crippen LogP contribution in [0.3, 0.4) is 0 Å². The Morgan fingerprint density at radius 3 is 2.72 bits per heavy atom. The fourth-order valence-corrected chi connectivity index (χ4v) is 3.84. The topological polar surface area (TPSA) is 53.8 Å². The molecule has 0 atom stereocenters. The molecule has 5 nitrogen and oxygen atoms in total. The number of thiophene rings is 1. The van der Waals surface area contributed by atoms with Crippen molar-refractivity contribution in [3.8, 4) is 0 Å². The second-order valence-corrected chi connectivity index (χ2v) is 7.16. The molecule has 0 aromatic carbocycles. The van der Waals surface area contributed by atoms with E-state index in [0.717, 1.165) is 0 Å². The van der Waals surface area contributed by atoms with Crippen molar-refractivity contribution in [2.45, 2.75) is 19.4 Å². The zero-order chi connectivity index (χ0) is 17.6. The Balaban J connectivity index is 1.57. The summed E-state index contributed by atoms with van der Waals surface area (Å²) < 4.78 is 5.18. The third kappa shape index (κ3) is 4.20. The van der Waals surface area contributed by atoms with E-state index in [2.05, 4.69) is 6.58 Å². The molecule has 0 N–H and O–H groups in total. The molecule has 1 aliphatic heterocycles. The Labute approximate surface area is 151 Å². The summed E-state index contributed by atoms with van der Waals surface area (Å²) in [6.07, 6.45) is 4.63. The van der Waals surface area contributed by atoms with Crippen molar-refractivity contribution in [1.82, 2.24) is 9.80 Å². The summed E-state index contributed by atoms with van der Waals surface area (Å²) in [4.78, 5) is 30.0. The maximum atomic E-state index is 12.9. The van der Waals surface area contributed by atoms with Gasteiger partial charge in [-0.2, -0.15) is 0 Å². The van der Waals surface area contributed by atoms with Gasteiger partial charge in [-0.3, -0.25) is 9.59 Å². The van der Waals surface area contributed by atoms with Crippen molar-refractivity contribution in [3.05, 3.63) is 59.2 Å². The molecule has 1 saturated heterocycles. The molecule has 132 valence electrons. The number of hydrogen-bond acceptors (Lipinski definition) is 4. The number of carbonyl (C=O) groups is 2. The van der Waals surface area contributed by atoms with Crippen LogP contribution in [0.5, 0.6) is 0 Å². The van der Waals surface area contributed by atoms with E-state index in [-0.39, 0.29) is 17.7 Å². The highest BCUT2D eigenvalue weighted by Gasteiger charge is 2.31. The average Bonchev–Trinajstić information content (AvgIpc) is 3.34. The van der Waals surface area contributed by atoms with Crippen LogP contribution in [0.25, 0.3) is 0 Å². The van der Waals surface area contributed by atoms with Crippen molar-refractivity contribution in [3.63, 3.8) is 0 Å². The van der Waals surface area contributed by atoms with E-state index in [0.29, 0.717) is 44.8 Å². The minimum atomic E-state index is -0.0996. The van der Waals surface area contributed by atoms with Crippen molar-refractivity contribution in [2.24, 2.45) is 5.92 Å². The van der Waals surface area contributed by atoms with Gasteiger partial charge >= 0.3 is 0 Å². The Bertz CT molecular complexity index is 701. The summed E-state index contributed by atoms with van der Waals surface area (Å²) >= 11 is 1.65. The largest absolute Gasteiger partial charge is 0.459 e. The SMILES string of the molecule is C=CCN(Cc1cccs1)C(=O)C1CCN(C(=O)c2ccco2)CC1. The lowest BCUT2D eigenvalue weighted by Gasteiger charge is -2.33. The van der Waals surface area contributed by atoms with Crippen LogP contribution < -0.4 is 0 Å². The molecule has 0 spiro atoms. The van der Waals surface area contributed by atoms with Gasteiger partial charge in [0, 0.05) is 30.4 Å². The van der Waals surface area contributed by atoms with Gasteiger partial charge in [-0.1, -0.05) is 12.1 Å². The highest BCUT2D eigenvalue weighted by molar-refractivity contribution is 7.09. The first kappa shape index (κ1) is 17.5. The van der Waals surface area contributed by atoms with Crippen molar-refractivity contribution >= 4 is 23.2 Å². The fraction of sp³-hybridized carbons (Fsp3) is 0.368. The predicted octanol–water partition coefficient (Wildman–Crippen LogP) is 3.41. The maximum Gasteiger partial charge on any atom is 0.289 e. The molecule has 0 radical (unpaired) electrons. The van der Waals surface area contributed by atoms with E-state index in [1.54, 1.807) is 34.4 Å². The number of likely N-dealkylation sites (tertiary alicyclic amines) is 1. The first-order chi connectivity index (χ1) is 12.2. The number of amides is 2. The molecular formula is C19H22N2O3S. The third-order valence-corrected chi connectivity index (χ3v) is 5.31. The third-order valence-electron chi connectivity index (χ3n) is 4.45. The lowest BCUT2D eigenvalue weighted by Crippen LogP contribution is -2.44. The van der Waals surface area contributed by atoms with Crippen molar-refractivity contribution in [1.29, 1.82) is 0 Å². The number of furan rings is 1. The quantitative estimate of drug-likeness (QED) is 0.744. The van der Waals surface area contributed by atoms with Crippen LogP contribution in [0.4, 0.5) is 0 Å². The predicted molar refractivity (Wildman–Crippen MR) is 97.3 cm³/mol. The number of piperidine rings is 1. The van der Waals surface area contributed by atoms with Crippen LogP contribution in [0, 0.1) is 5.92 Å². The lowest BCUT2D eigenvalue weighted by atomic mass is 9.95. The molecule has 0 unspecified atom stereocenters. The molecule has 6 heteroatoms. The van der Waals surface area contributed by atoms with Crippen LogP contribution >= 0.6 is 11.3 Å². The van der Waals surface area contributed by atoms with Gasteiger partial charge in [-0.05, 0) is 36.4 Å². The molecule has 2 aromatic heterocycles. The van der Waals surface area contributed by atoms with Crippen LogP contribution in [-0.2, 0) is 11.3 Å². The molecule has 0 saturated carbocycles. The summed E-state index contributed by atoms with van der Waals surface area (Å²) in [6.45, 7) is 6.09. The van der Waals surface area contributed by atoms with Gasteiger partial charge < -0.3 is 14.2 Å². The van der Waals surface area contributed by atoms with Crippen LogP contribution in [0.15, 0.2) is 53.0 Å². The van der Waals surface area contributed by atoms with Crippen LogP contribution in [-0.4, -0.2) is 41.2 Å². The lowest BCUT2D eigenvalue weighted by molar-refractivity contribution is -0.137. The van der Waals surface area contributed by atoms with E-state index in [1.165, 1.54) is 11.1 Å². The molecule has 1 aliphatic rings. The van der Waals surface area contributed by atoms with Crippen molar-refractivity contribution < 1.29 is 14.0 Å². The summed E-state index contributed by atoms with van der Waals surface area (Å²) in [7, 11) is 0. The van der Waals surface area contributed by atoms with Gasteiger partial charge in [-0.25, -0.2) is 0 Å². The van der Waals surface area contributed by atoms with E-state index < -0.39 is 0 Å². The smallest absolute Gasteiger partial charge is 0.289 e. The monoisotopic (exact) mass is 358 g/mol. The molecular weight excluding hydrogens is 336 g/mol. The molecule has 1 fully saturated rings. The van der Waals surface area contributed by atoms with Gasteiger partial charge in [0.1, 0.15) is 0 Å². The van der Waals surface area contributed by atoms with Gasteiger partial charge in [0.05, 0.1) is 12.8 Å². The molecule has 2 amide bonds. The van der Waals surface area contributed by atoms with E-state index in [9.17, 15) is 9.59 Å². The van der Waals surface area contributed by atoms with E-state index in [4.69, 9.17) is 4.42 Å². The van der Waals surface area contributed by atoms with Gasteiger partial charge in [0.25, 0.3) is 5.91 Å².